The van der Waals surface area contributed by atoms with Crippen molar-refractivity contribution in [1.29, 1.82) is 0 Å². The van der Waals surface area contributed by atoms with Gasteiger partial charge in [0.2, 0.25) is 0 Å². The molecule has 0 aromatic heterocycles. The summed E-state index contributed by atoms with van der Waals surface area (Å²) in [6.45, 7) is 19.1. The van der Waals surface area contributed by atoms with Crippen LogP contribution in [0.15, 0.2) is 95.6 Å². The van der Waals surface area contributed by atoms with E-state index in [1.165, 1.54) is 51.1 Å². The van der Waals surface area contributed by atoms with Gasteiger partial charge >= 0.3 is 0 Å². The number of rotatable bonds is 8. The van der Waals surface area contributed by atoms with E-state index in [2.05, 4.69) is 134 Å². The summed E-state index contributed by atoms with van der Waals surface area (Å²) in [6.07, 6.45) is 2.33. The Kier molecular flexibility index (Phi) is 7.90. The molecule has 0 amide bonds. The lowest BCUT2D eigenvalue weighted by Gasteiger charge is -2.39. The van der Waals surface area contributed by atoms with Gasteiger partial charge in [-0.1, -0.05) is 129 Å². The minimum Gasteiger partial charge on any atom is -0.0648 e. The molecular formula is C35H44Si. The highest BCUT2D eigenvalue weighted by Crippen LogP contribution is 2.58. The first kappa shape index (κ1) is 26.4. The van der Waals surface area contributed by atoms with Gasteiger partial charge in [0.05, 0.1) is 0 Å². The Labute approximate surface area is 221 Å². The van der Waals surface area contributed by atoms with Crippen molar-refractivity contribution in [1.82, 2.24) is 0 Å². The largest absolute Gasteiger partial charge is 0.117 e. The maximum atomic E-state index is 2.56. The van der Waals surface area contributed by atoms with Crippen LogP contribution in [0.25, 0.3) is 5.57 Å². The van der Waals surface area contributed by atoms with E-state index in [-0.39, 0.29) is 5.04 Å². The van der Waals surface area contributed by atoms with Crippen LogP contribution in [0, 0.1) is 0 Å². The minimum absolute atomic E-state index is 0.00231. The SMILES string of the molecule is CCC(C)c1cc(C2=C(C)C(C)=C(C)C2(C)[SiH](c2ccccc2)c2ccccc2)cc(C(C)CC)c1. The lowest BCUT2D eigenvalue weighted by atomic mass is 9.84. The maximum Gasteiger partial charge on any atom is 0.117 e. The standard InChI is InChI=1S/C35H44Si/c1-9-24(3)29-21-30(25(4)10-2)23-31(22-29)34-27(6)26(5)28(7)35(34,8)36(32-17-13-11-14-18-32)33-19-15-12-16-20-33/h11-25,36H,9-10H2,1-8H3. The van der Waals surface area contributed by atoms with Crippen LogP contribution in [0.1, 0.15) is 96.8 Å². The van der Waals surface area contributed by atoms with Gasteiger partial charge in [-0.25, -0.2) is 0 Å². The van der Waals surface area contributed by atoms with Gasteiger partial charge in [-0.15, -0.1) is 0 Å². The molecule has 4 rings (SSSR count). The fourth-order valence-corrected chi connectivity index (χ4v) is 10.6. The van der Waals surface area contributed by atoms with E-state index < -0.39 is 8.80 Å². The number of allylic oxidation sites excluding steroid dienone is 4. The molecule has 3 aromatic carbocycles. The zero-order chi connectivity index (χ0) is 26.0. The molecule has 3 atom stereocenters. The molecule has 0 N–H and O–H groups in total. The Morgan fingerprint density at radius 2 is 1.11 bits per heavy atom. The van der Waals surface area contributed by atoms with Crippen LogP contribution < -0.4 is 10.4 Å². The topological polar surface area (TPSA) is 0 Å². The van der Waals surface area contributed by atoms with Crippen LogP contribution in [0.3, 0.4) is 0 Å². The molecule has 3 unspecified atom stereocenters. The number of hydrogen-bond acceptors (Lipinski definition) is 0. The molecule has 0 fully saturated rings. The smallest absolute Gasteiger partial charge is 0.0648 e. The Morgan fingerprint density at radius 3 is 1.53 bits per heavy atom. The van der Waals surface area contributed by atoms with Crippen molar-refractivity contribution in [2.75, 3.05) is 0 Å². The Bertz CT molecular complexity index is 1200. The van der Waals surface area contributed by atoms with Crippen LogP contribution in [0.2, 0.25) is 5.04 Å². The van der Waals surface area contributed by atoms with Gasteiger partial charge in [0.25, 0.3) is 0 Å². The summed E-state index contributed by atoms with van der Waals surface area (Å²) in [5.74, 6) is 1.13. The average Bonchev–Trinajstić information content (AvgIpc) is 3.08. The van der Waals surface area contributed by atoms with E-state index in [1.54, 1.807) is 11.1 Å². The Balaban J connectivity index is 2.01. The first-order valence-electron chi connectivity index (χ1n) is 13.9. The van der Waals surface area contributed by atoms with Crippen molar-refractivity contribution < 1.29 is 0 Å². The van der Waals surface area contributed by atoms with Gasteiger partial charge in [0.1, 0.15) is 8.80 Å². The zero-order valence-electron chi connectivity index (χ0n) is 23.7. The molecule has 1 aliphatic carbocycles. The third-order valence-corrected chi connectivity index (χ3v) is 13.3. The summed E-state index contributed by atoms with van der Waals surface area (Å²) in [7, 11) is -1.69. The monoisotopic (exact) mass is 492 g/mol. The number of benzene rings is 3. The van der Waals surface area contributed by atoms with E-state index in [4.69, 9.17) is 0 Å². The first-order chi connectivity index (χ1) is 17.2. The van der Waals surface area contributed by atoms with Gasteiger partial charge < -0.3 is 0 Å². The van der Waals surface area contributed by atoms with Crippen LogP contribution in [-0.2, 0) is 0 Å². The summed E-state index contributed by atoms with van der Waals surface area (Å²) in [5.41, 5.74) is 10.5. The fourth-order valence-electron chi connectivity index (χ4n) is 6.32. The molecule has 3 aromatic rings. The number of hydrogen-bond donors (Lipinski definition) is 0. The van der Waals surface area contributed by atoms with Crippen molar-refractivity contribution in [3.8, 4) is 0 Å². The van der Waals surface area contributed by atoms with E-state index in [1.807, 2.05) is 0 Å². The second kappa shape index (κ2) is 10.8. The van der Waals surface area contributed by atoms with Gasteiger partial charge in [-0.3, -0.25) is 0 Å². The lowest BCUT2D eigenvalue weighted by molar-refractivity contribution is 0.710. The van der Waals surface area contributed by atoms with E-state index >= 15 is 0 Å². The molecule has 0 heterocycles. The van der Waals surface area contributed by atoms with E-state index in [0.717, 1.165) is 0 Å². The maximum absolute atomic E-state index is 2.56. The van der Waals surface area contributed by atoms with E-state index in [9.17, 15) is 0 Å². The normalized spacial score (nSPS) is 19.8. The highest BCUT2D eigenvalue weighted by Gasteiger charge is 2.47. The second-order valence-electron chi connectivity index (χ2n) is 11.2. The van der Waals surface area contributed by atoms with Crippen LogP contribution in [0.5, 0.6) is 0 Å². The molecule has 0 bridgehead atoms. The molecule has 0 aliphatic heterocycles. The lowest BCUT2D eigenvalue weighted by Crippen LogP contribution is -2.51. The van der Waals surface area contributed by atoms with Crippen molar-refractivity contribution in [3.63, 3.8) is 0 Å². The predicted molar refractivity (Wildman–Crippen MR) is 162 cm³/mol. The highest BCUT2D eigenvalue weighted by atomic mass is 28.3. The molecule has 1 heteroatoms. The van der Waals surface area contributed by atoms with Gasteiger partial charge in [-0.2, -0.15) is 0 Å². The summed E-state index contributed by atoms with van der Waals surface area (Å²) < 4.78 is 0. The molecule has 0 radical (unpaired) electrons. The summed E-state index contributed by atoms with van der Waals surface area (Å²) in [6, 6.07) is 30.3. The molecule has 0 saturated carbocycles. The van der Waals surface area contributed by atoms with Gasteiger partial charge in [-0.05, 0) is 78.9 Å². The van der Waals surface area contributed by atoms with Crippen molar-refractivity contribution in [2.45, 2.75) is 85.1 Å². The minimum atomic E-state index is -1.69. The Hall–Kier alpha value is -2.64. The third-order valence-electron chi connectivity index (χ3n) is 9.27. The quantitative estimate of drug-likeness (QED) is 0.276. The van der Waals surface area contributed by atoms with E-state index in [0.29, 0.717) is 11.8 Å². The highest BCUT2D eigenvalue weighted by molar-refractivity contribution is 6.89. The fraction of sp³-hybridized carbons (Fsp3) is 0.371. The van der Waals surface area contributed by atoms with Gasteiger partial charge in [0.15, 0.2) is 0 Å². The molecule has 188 valence electrons. The summed E-state index contributed by atoms with van der Waals surface area (Å²) in [5, 5.41) is 3.04. The van der Waals surface area contributed by atoms with Crippen LogP contribution >= 0.6 is 0 Å². The second-order valence-corrected chi connectivity index (χ2v) is 14.6. The third kappa shape index (κ3) is 4.59. The van der Waals surface area contributed by atoms with Crippen LogP contribution in [-0.4, -0.2) is 8.80 Å². The van der Waals surface area contributed by atoms with Crippen molar-refractivity contribution in [2.24, 2.45) is 0 Å². The molecule has 0 saturated heterocycles. The average molecular weight is 493 g/mol. The zero-order valence-corrected chi connectivity index (χ0v) is 24.8. The first-order valence-corrected chi connectivity index (χ1v) is 15.6. The van der Waals surface area contributed by atoms with Crippen molar-refractivity contribution in [3.05, 3.63) is 112 Å². The molecule has 0 spiro atoms. The van der Waals surface area contributed by atoms with Crippen LogP contribution in [0.4, 0.5) is 0 Å². The molecule has 1 aliphatic rings. The Morgan fingerprint density at radius 1 is 0.667 bits per heavy atom. The summed E-state index contributed by atoms with van der Waals surface area (Å²) >= 11 is 0. The van der Waals surface area contributed by atoms with Gasteiger partial charge in [0, 0.05) is 5.04 Å². The predicted octanol–water partition coefficient (Wildman–Crippen LogP) is 8.64. The molecule has 36 heavy (non-hydrogen) atoms. The molecule has 0 nitrogen and oxygen atoms in total. The summed E-state index contributed by atoms with van der Waals surface area (Å²) in [4.78, 5) is 0. The van der Waals surface area contributed by atoms with Crippen molar-refractivity contribution >= 4 is 24.7 Å². The molecular weight excluding hydrogens is 448 g/mol.